The number of hydrogen-bond acceptors (Lipinski definition) is 4. The second kappa shape index (κ2) is 8.67. The molecule has 1 aromatic heterocycles. The fourth-order valence-electron chi connectivity index (χ4n) is 3.24. The zero-order valence-electron chi connectivity index (χ0n) is 16.2. The van der Waals surface area contributed by atoms with Crippen molar-refractivity contribution in [3.63, 3.8) is 0 Å². The van der Waals surface area contributed by atoms with Crippen LogP contribution >= 0.6 is 0 Å². The number of carbonyl (C=O) groups excluding carboxylic acids is 1. The zero-order valence-corrected chi connectivity index (χ0v) is 16.2. The van der Waals surface area contributed by atoms with E-state index < -0.39 is 11.7 Å². The topological polar surface area (TPSA) is 58.4 Å². The molecule has 0 aliphatic carbocycles. The minimum Gasteiger partial charge on any atom is -0.368 e. The number of rotatable bonds is 5. The summed E-state index contributed by atoms with van der Waals surface area (Å²) in [6, 6.07) is 7.96. The van der Waals surface area contributed by atoms with Crippen LogP contribution in [0.25, 0.3) is 0 Å². The van der Waals surface area contributed by atoms with E-state index in [-0.39, 0.29) is 17.2 Å². The van der Waals surface area contributed by atoms with Crippen LogP contribution in [0.15, 0.2) is 41.2 Å². The summed E-state index contributed by atoms with van der Waals surface area (Å²) in [4.78, 5) is 28.0. The van der Waals surface area contributed by atoms with Crippen LogP contribution in [0.2, 0.25) is 0 Å². The molecule has 0 bridgehead atoms. The molecule has 3 rings (SSSR count). The van der Waals surface area contributed by atoms with E-state index in [1.54, 1.807) is 11.0 Å². The summed E-state index contributed by atoms with van der Waals surface area (Å²) in [5, 5.41) is 4.18. The highest BCUT2D eigenvalue weighted by molar-refractivity contribution is 5.92. The van der Waals surface area contributed by atoms with Gasteiger partial charge in [0, 0.05) is 44.5 Å². The minimum atomic E-state index is -4.39. The summed E-state index contributed by atoms with van der Waals surface area (Å²) in [5.74, 6) is -0.279. The number of aryl methyl sites for hydroxylation is 1. The summed E-state index contributed by atoms with van der Waals surface area (Å²) in [7, 11) is 0. The Kier molecular flexibility index (Phi) is 6.24. The first kappa shape index (κ1) is 20.9. The van der Waals surface area contributed by atoms with Crippen LogP contribution in [0.5, 0.6) is 0 Å². The van der Waals surface area contributed by atoms with Gasteiger partial charge in [0.05, 0.1) is 5.56 Å². The van der Waals surface area contributed by atoms with Gasteiger partial charge in [-0.1, -0.05) is 19.4 Å². The minimum absolute atomic E-state index is 0.202. The number of amides is 1. The number of benzene rings is 1. The van der Waals surface area contributed by atoms with E-state index in [0.717, 1.165) is 25.0 Å². The maximum atomic E-state index is 12.9. The van der Waals surface area contributed by atoms with Crippen LogP contribution in [-0.2, 0) is 12.7 Å². The van der Waals surface area contributed by atoms with Crippen molar-refractivity contribution in [3.05, 3.63) is 58.0 Å². The first-order chi connectivity index (χ1) is 13.8. The van der Waals surface area contributed by atoms with Crippen molar-refractivity contribution in [1.82, 2.24) is 14.7 Å². The van der Waals surface area contributed by atoms with Gasteiger partial charge >= 0.3 is 6.18 Å². The lowest BCUT2D eigenvalue weighted by Gasteiger charge is -2.36. The first-order valence-electron chi connectivity index (χ1n) is 9.59. The molecule has 156 valence electrons. The highest BCUT2D eigenvalue weighted by atomic mass is 19.4. The van der Waals surface area contributed by atoms with Crippen LogP contribution in [0.3, 0.4) is 0 Å². The second-order valence-corrected chi connectivity index (χ2v) is 6.96. The van der Waals surface area contributed by atoms with E-state index in [4.69, 9.17) is 0 Å². The smallest absolute Gasteiger partial charge is 0.368 e. The molecule has 1 amide bonds. The highest BCUT2D eigenvalue weighted by Gasteiger charge is 2.31. The molecular weight excluding hydrogens is 385 g/mol. The Morgan fingerprint density at radius 1 is 1.10 bits per heavy atom. The quantitative estimate of drug-likeness (QED) is 0.763. The van der Waals surface area contributed by atoms with Gasteiger partial charge in [-0.25, -0.2) is 4.68 Å². The number of piperazine rings is 1. The molecule has 0 N–H and O–H groups in total. The predicted octanol–water partition coefficient (Wildman–Crippen LogP) is 3.02. The monoisotopic (exact) mass is 408 g/mol. The molecule has 0 radical (unpaired) electrons. The van der Waals surface area contributed by atoms with Crippen LogP contribution in [0.4, 0.5) is 18.9 Å². The fourth-order valence-corrected chi connectivity index (χ4v) is 3.24. The van der Waals surface area contributed by atoms with Crippen molar-refractivity contribution in [2.75, 3.05) is 31.1 Å². The third-order valence-electron chi connectivity index (χ3n) is 4.91. The predicted molar refractivity (Wildman–Crippen MR) is 103 cm³/mol. The van der Waals surface area contributed by atoms with Gasteiger partial charge in [-0.2, -0.15) is 18.3 Å². The van der Waals surface area contributed by atoms with Crippen molar-refractivity contribution in [2.24, 2.45) is 0 Å². The maximum Gasteiger partial charge on any atom is 0.416 e. The summed E-state index contributed by atoms with van der Waals surface area (Å²) >= 11 is 0. The number of anilines is 1. The van der Waals surface area contributed by atoms with Crippen LogP contribution in [0.1, 0.15) is 35.8 Å². The zero-order chi connectivity index (χ0) is 21.0. The molecule has 6 nitrogen and oxygen atoms in total. The molecule has 0 atom stereocenters. The molecular formula is C20H23F3N4O2. The largest absolute Gasteiger partial charge is 0.416 e. The number of halogens is 3. The van der Waals surface area contributed by atoms with Gasteiger partial charge in [-0.15, -0.1) is 0 Å². The number of unbranched alkanes of at least 4 members (excludes halogenated alkanes) is 1. The lowest BCUT2D eigenvalue weighted by Crippen LogP contribution is -2.49. The molecule has 0 unspecified atom stereocenters. The van der Waals surface area contributed by atoms with Gasteiger partial charge in [0.25, 0.3) is 11.5 Å². The van der Waals surface area contributed by atoms with Gasteiger partial charge in [-0.05, 0) is 30.7 Å². The Bertz CT molecular complexity index is 918. The Morgan fingerprint density at radius 3 is 2.48 bits per heavy atom. The van der Waals surface area contributed by atoms with Crippen molar-refractivity contribution in [3.8, 4) is 0 Å². The Morgan fingerprint density at radius 2 is 1.83 bits per heavy atom. The lowest BCUT2D eigenvalue weighted by atomic mass is 10.1. The molecule has 29 heavy (non-hydrogen) atoms. The average molecular weight is 408 g/mol. The van der Waals surface area contributed by atoms with E-state index in [2.05, 4.69) is 5.10 Å². The standard InChI is InChI=1S/C20H23F3N4O2/c1-2-3-9-27-18(28)8-7-17(24-27)19(29)26-12-10-25(11-13-26)16-6-4-5-15(14-16)20(21,22)23/h4-8,14H,2-3,9-13H2,1H3. The van der Waals surface area contributed by atoms with Crippen molar-refractivity contribution in [1.29, 1.82) is 0 Å². The number of nitrogens with zero attached hydrogens (tertiary/aromatic N) is 4. The number of aromatic nitrogens is 2. The first-order valence-corrected chi connectivity index (χ1v) is 9.59. The SMILES string of the molecule is CCCCn1nc(C(=O)N2CCN(c3cccc(C(F)(F)F)c3)CC2)ccc1=O. The molecule has 2 aromatic rings. The third kappa shape index (κ3) is 4.96. The van der Waals surface area contributed by atoms with Gasteiger partial charge < -0.3 is 9.80 Å². The molecule has 0 saturated carbocycles. The number of alkyl halides is 3. The van der Waals surface area contributed by atoms with Crippen molar-refractivity contribution < 1.29 is 18.0 Å². The molecule has 2 heterocycles. The average Bonchev–Trinajstić information content (AvgIpc) is 2.72. The molecule has 1 saturated heterocycles. The van der Waals surface area contributed by atoms with E-state index in [1.807, 2.05) is 11.8 Å². The Balaban J connectivity index is 1.66. The summed E-state index contributed by atoms with van der Waals surface area (Å²) in [6.45, 7) is 4.03. The highest BCUT2D eigenvalue weighted by Crippen LogP contribution is 2.31. The van der Waals surface area contributed by atoms with Crippen molar-refractivity contribution in [2.45, 2.75) is 32.5 Å². The normalized spacial score (nSPS) is 14.9. The van der Waals surface area contributed by atoms with E-state index >= 15 is 0 Å². The fraction of sp³-hybridized carbons (Fsp3) is 0.450. The number of hydrogen-bond donors (Lipinski definition) is 0. The molecule has 0 spiro atoms. The summed E-state index contributed by atoms with van der Waals surface area (Å²) in [6.07, 6.45) is -2.69. The Labute approximate surface area is 166 Å². The Hall–Kier alpha value is -2.84. The maximum absolute atomic E-state index is 12.9. The van der Waals surface area contributed by atoms with Crippen LogP contribution in [0, 0.1) is 0 Å². The van der Waals surface area contributed by atoms with Crippen LogP contribution < -0.4 is 10.5 Å². The molecule has 9 heteroatoms. The second-order valence-electron chi connectivity index (χ2n) is 6.96. The molecule has 1 fully saturated rings. The van der Waals surface area contributed by atoms with E-state index in [0.29, 0.717) is 38.4 Å². The summed E-state index contributed by atoms with van der Waals surface area (Å²) in [5.41, 5.74) is -0.247. The number of carbonyl (C=O) groups is 1. The van der Waals surface area contributed by atoms with Gasteiger partial charge in [0.1, 0.15) is 5.69 Å². The van der Waals surface area contributed by atoms with Crippen molar-refractivity contribution >= 4 is 11.6 Å². The molecule has 1 aliphatic rings. The van der Waals surface area contributed by atoms with Gasteiger partial charge in [-0.3, -0.25) is 9.59 Å². The van der Waals surface area contributed by atoms with Gasteiger partial charge in [0.2, 0.25) is 0 Å². The van der Waals surface area contributed by atoms with E-state index in [9.17, 15) is 22.8 Å². The summed E-state index contributed by atoms with van der Waals surface area (Å²) < 4.78 is 40.1. The van der Waals surface area contributed by atoms with Crippen LogP contribution in [-0.4, -0.2) is 46.8 Å². The lowest BCUT2D eigenvalue weighted by molar-refractivity contribution is -0.137. The van der Waals surface area contributed by atoms with E-state index in [1.165, 1.54) is 22.9 Å². The third-order valence-corrected chi connectivity index (χ3v) is 4.91. The molecule has 1 aliphatic heterocycles. The molecule has 1 aromatic carbocycles. The van der Waals surface area contributed by atoms with Gasteiger partial charge in [0.15, 0.2) is 0 Å².